The number of halogens is 1. The molecule has 3 rings (SSSR count). The molecule has 1 fully saturated rings. The average molecular weight is 384 g/mol. The van der Waals surface area contributed by atoms with E-state index in [9.17, 15) is 14.4 Å². The van der Waals surface area contributed by atoms with Gasteiger partial charge in [0.05, 0.1) is 22.5 Å². The summed E-state index contributed by atoms with van der Waals surface area (Å²) in [4.78, 5) is 41.0. The number of rotatable bonds is 5. The third kappa shape index (κ3) is 4.25. The van der Waals surface area contributed by atoms with Crippen molar-refractivity contribution in [1.29, 1.82) is 0 Å². The van der Waals surface area contributed by atoms with Crippen molar-refractivity contribution in [1.82, 2.24) is 15.2 Å². The molecule has 3 amide bonds. The van der Waals surface area contributed by atoms with Gasteiger partial charge < -0.3 is 4.90 Å². The lowest BCUT2D eigenvalue weighted by molar-refractivity contribution is -0.135. The molecule has 0 radical (unpaired) electrons. The fourth-order valence-corrected chi connectivity index (χ4v) is 4.36. The highest BCUT2D eigenvalue weighted by Crippen LogP contribution is 2.30. The van der Waals surface area contributed by atoms with Gasteiger partial charge in [-0.05, 0) is 24.6 Å². The Morgan fingerprint density at radius 1 is 1.38 bits per heavy atom. The van der Waals surface area contributed by atoms with Gasteiger partial charge in [0, 0.05) is 18.0 Å². The van der Waals surface area contributed by atoms with Gasteiger partial charge in [-0.2, -0.15) is 0 Å². The quantitative estimate of drug-likeness (QED) is 0.801. The lowest BCUT2D eigenvalue weighted by atomic mass is 10.3. The molecule has 126 valence electrons. The van der Waals surface area contributed by atoms with E-state index in [0.29, 0.717) is 18.0 Å². The van der Waals surface area contributed by atoms with Crippen LogP contribution in [-0.4, -0.2) is 46.4 Å². The normalized spacial score (nSPS) is 14.4. The van der Waals surface area contributed by atoms with Gasteiger partial charge in [-0.25, -0.2) is 4.98 Å². The number of carbonyl (C=O) groups is 3. The second kappa shape index (κ2) is 7.50. The summed E-state index contributed by atoms with van der Waals surface area (Å²) in [6.45, 7) is 0.512. The van der Waals surface area contributed by atoms with E-state index in [1.807, 2.05) is 6.07 Å². The van der Waals surface area contributed by atoms with Gasteiger partial charge in [-0.3, -0.25) is 19.7 Å². The molecule has 1 aromatic heterocycles. The lowest BCUT2D eigenvalue weighted by Gasteiger charge is -2.14. The molecule has 0 saturated carbocycles. The van der Waals surface area contributed by atoms with Crippen molar-refractivity contribution in [2.75, 3.05) is 18.8 Å². The Morgan fingerprint density at radius 3 is 2.96 bits per heavy atom. The number of carbonyl (C=O) groups excluding carboxylic acids is 3. The van der Waals surface area contributed by atoms with Crippen LogP contribution in [0.15, 0.2) is 22.5 Å². The number of amides is 3. The van der Waals surface area contributed by atoms with Crippen molar-refractivity contribution in [2.24, 2.45) is 0 Å². The van der Waals surface area contributed by atoms with Crippen molar-refractivity contribution in [3.8, 4) is 0 Å². The first-order valence-electron chi connectivity index (χ1n) is 7.30. The number of nitrogens with zero attached hydrogens (tertiary/aromatic N) is 2. The summed E-state index contributed by atoms with van der Waals surface area (Å²) < 4.78 is 1.73. The SMILES string of the molecule is O=C(CSc1nc2cc(Cl)ccc2s1)NC(=O)CN1CCCC1=O. The summed E-state index contributed by atoms with van der Waals surface area (Å²) in [5.41, 5.74) is 0.791. The van der Waals surface area contributed by atoms with Gasteiger partial charge in [-0.15, -0.1) is 11.3 Å². The van der Waals surface area contributed by atoms with E-state index < -0.39 is 11.8 Å². The number of hydrogen-bond acceptors (Lipinski definition) is 6. The monoisotopic (exact) mass is 383 g/mol. The number of hydrogen-bond donors (Lipinski definition) is 1. The standard InChI is InChI=1S/C15H14ClN3O3S2/c16-9-3-4-11-10(6-9)17-15(24-11)23-8-13(21)18-12(20)7-19-5-1-2-14(19)22/h3-4,6H,1-2,5,7-8H2,(H,18,20,21). The fourth-order valence-electron chi connectivity index (χ4n) is 2.34. The van der Waals surface area contributed by atoms with Crippen LogP contribution in [0.5, 0.6) is 0 Å². The van der Waals surface area contributed by atoms with E-state index in [4.69, 9.17) is 11.6 Å². The molecule has 1 saturated heterocycles. The number of benzene rings is 1. The number of imide groups is 1. The molecule has 2 aromatic rings. The molecule has 0 aliphatic carbocycles. The molecule has 0 bridgehead atoms. The van der Waals surface area contributed by atoms with Crippen LogP contribution in [0.4, 0.5) is 0 Å². The second-order valence-electron chi connectivity index (χ2n) is 5.27. The number of thiazole rings is 1. The van der Waals surface area contributed by atoms with Gasteiger partial charge in [0.15, 0.2) is 4.34 Å². The second-order valence-corrected chi connectivity index (χ2v) is 7.96. The molecule has 0 unspecified atom stereocenters. The van der Waals surface area contributed by atoms with E-state index in [2.05, 4.69) is 10.3 Å². The molecule has 1 aliphatic rings. The zero-order valence-corrected chi connectivity index (χ0v) is 15.0. The Balaban J connectivity index is 1.49. The van der Waals surface area contributed by atoms with Gasteiger partial charge in [0.25, 0.3) is 0 Å². The number of aromatic nitrogens is 1. The largest absolute Gasteiger partial charge is 0.333 e. The van der Waals surface area contributed by atoms with Crippen LogP contribution in [0.3, 0.4) is 0 Å². The van der Waals surface area contributed by atoms with E-state index in [-0.39, 0.29) is 18.2 Å². The molecular weight excluding hydrogens is 370 g/mol. The predicted molar refractivity (Wildman–Crippen MR) is 94.3 cm³/mol. The Bertz CT molecular complexity index is 808. The summed E-state index contributed by atoms with van der Waals surface area (Å²) in [5, 5.41) is 2.92. The molecule has 1 aliphatic heterocycles. The summed E-state index contributed by atoms with van der Waals surface area (Å²) in [7, 11) is 0. The maximum Gasteiger partial charge on any atom is 0.246 e. The first-order chi connectivity index (χ1) is 11.5. The fraction of sp³-hybridized carbons (Fsp3) is 0.333. The Labute approximate surface area is 151 Å². The minimum Gasteiger partial charge on any atom is -0.333 e. The van der Waals surface area contributed by atoms with Crippen LogP contribution in [0, 0.1) is 0 Å². The summed E-state index contributed by atoms with van der Waals surface area (Å²) in [5.74, 6) is -0.797. The van der Waals surface area contributed by atoms with Gasteiger partial charge >= 0.3 is 0 Å². The lowest BCUT2D eigenvalue weighted by Crippen LogP contribution is -2.41. The molecule has 6 nitrogen and oxygen atoms in total. The third-order valence-electron chi connectivity index (χ3n) is 3.44. The van der Waals surface area contributed by atoms with Crippen LogP contribution in [0.25, 0.3) is 10.2 Å². The Hall–Kier alpha value is -1.64. The van der Waals surface area contributed by atoms with Crippen LogP contribution in [0.1, 0.15) is 12.8 Å². The van der Waals surface area contributed by atoms with Gasteiger partial charge in [0.1, 0.15) is 0 Å². The predicted octanol–water partition coefficient (Wildman–Crippen LogP) is 2.31. The Morgan fingerprint density at radius 2 is 2.21 bits per heavy atom. The molecule has 9 heteroatoms. The van der Waals surface area contributed by atoms with Crippen molar-refractivity contribution in [3.63, 3.8) is 0 Å². The molecule has 0 atom stereocenters. The maximum absolute atomic E-state index is 11.9. The summed E-state index contributed by atoms with van der Waals surface area (Å²) >= 11 is 8.65. The van der Waals surface area contributed by atoms with E-state index in [1.54, 1.807) is 12.1 Å². The maximum atomic E-state index is 11.9. The van der Waals surface area contributed by atoms with Crippen molar-refractivity contribution >= 4 is 62.6 Å². The number of thioether (sulfide) groups is 1. The highest BCUT2D eigenvalue weighted by molar-refractivity contribution is 8.01. The molecule has 1 aromatic carbocycles. The van der Waals surface area contributed by atoms with Crippen molar-refractivity contribution < 1.29 is 14.4 Å². The zero-order chi connectivity index (χ0) is 17.1. The smallest absolute Gasteiger partial charge is 0.246 e. The molecule has 1 N–H and O–H groups in total. The van der Waals surface area contributed by atoms with Gasteiger partial charge in [0.2, 0.25) is 17.7 Å². The Kier molecular flexibility index (Phi) is 5.37. The highest BCUT2D eigenvalue weighted by atomic mass is 35.5. The minimum atomic E-state index is -0.452. The van der Waals surface area contributed by atoms with E-state index in [1.165, 1.54) is 28.0 Å². The van der Waals surface area contributed by atoms with Crippen molar-refractivity contribution in [3.05, 3.63) is 23.2 Å². The molecule has 0 spiro atoms. The van der Waals surface area contributed by atoms with E-state index in [0.717, 1.165) is 21.0 Å². The van der Waals surface area contributed by atoms with Crippen LogP contribution < -0.4 is 5.32 Å². The van der Waals surface area contributed by atoms with E-state index >= 15 is 0 Å². The summed E-state index contributed by atoms with van der Waals surface area (Å²) in [6, 6.07) is 5.45. The first kappa shape index (κ1) is 17.2. The number of likely N-dealkylation sites (tertiary alicyclic amines) is 1. The average Bonchev–Trinajstić information content (AvgIpc) is 3.11. The number of fused-ring (bicyclic) bond motifs is 1. The number of nitrogens with one attached hydrogen (secondary N) is 1. The van der Waals surface area contributed by atoms with Gasteiger partial charge in [-0.1, -0.05) is 23.4 Å². The third-order valence-corrected chi connectivity index (χ3v) is 5.86. The van der Waals surface area contributed by atoms with Crippen LogP contribution in [0.2, 0.25) is 5.02 Å². The zero-order valence-electron chi connectivity index (χ0n) is 12.6. The minimum absolute atomic E-state index is 0.0416. The first-order valence-corrected chi connectivity index (χ1v) is 9.48. The summed E-state index contributed by atoms with van der Waals surface area (Å²) in [6.07, 6.45) is 1.23. The van der Waals surface area contributed by atoms with Crippen molar-refractivity contribution in [2.45, 2.75) is 17.2 Å². The molecular formula is C15H14ClN3O3S2. The van der Waals surface area contributed by atoms with Crippen LogP contribution in [-0.2, 0) is 14.4 Å². The van der Waals surface area contributed by atoms with Crippen LogP contribution >= 0.6 is 34.7 Å². The molecule has 24 heavy (non-hydrogen) atoms. The topological polar surface area (TPSA) is 79.4 Å². The molecule has 2 heterocycles. The highest BCUT2D eigenvalue weighted by Gasteiger charge is 2.23.